The molecule has 0 amide bonds. The van der Waals surface area contributed by atoms with Crippen molar-refractivity contribution in [3.63, 3.8) is 0 Å². The van der Waals surface area contributed by atoms with Gasteiger partial charge in [-0.2, -0.15) is 0 Å². The minimum atomic E-state index is 0.929. The van der Waals surface area contributed by atoms with E-state index in [-0.39, 0.29) is 0 Å². The third-order valence-corrected chi connectivity index (χ3v) is 1.41. The van der Waals surface area contributed by atoms with Crippen LogP contribution in [0.1, 0.15) is 6.92 Å². The van der Waals surface area contributed by atoms with Gasteiger partial charge in [0.05, 0.1) is 0 Å². The number of hydrogen-bond donors (Lipinski definition) is 1. The first-order valence-electron chi connectivity index (χ1n) is 3.08. The molecule has 1 aliphatic rings. The normalized spacial score (nSPS) is 17.4. The highest BCUT2D eigenvalue weighted by Gasteiger charge is 1.96. The summed E-state index contributed by atoms with van der Waals surface area (Å²) in [4.78, 5) is 0. The van der Waals surface area contributed by atoms with E-state index in [2.05, 4.69) is 31.0 Å². The molecule has 0 aromatic rings. The summed E-state index contributed by atoms with van der Waals surface area (Å²) in [7, 11) is 0. The van der Waals surface area contributed by atoms with Crippen LogP contribution in [0.25, 0.3) is 0 Å². The SMILES string of the molecule is C=CC1=C(C)C=CCN1. The van der Waals surface area contributed by atoms with Gasteiger partial charge in [-0.15, -0.1) is 0 Å². The Balaban J connectivity index is 2.84. The second-order valence-electron chi connectivity index (χ2n) is 2.08. The third kappa shape index (κ3) is 1.22. The lowest BCUT2D eigenvalue weighted by Gasteiger charge is -2.10. The Bertz CT molecular complexity index is 175. The quantitative estimate of drug-likeness (QED) is 0.555. The standard InChI is InChI=1S/C8H11N/c1-3-8-7(2)5-4-6-9-8/h3-5,9H,1,6H2,2H3. The van der Waals surface area contributed by atoms with Crippen molar-refractivity contribution in [2.45, 2.75) is 6.92 Å². The zero-order valence-electron chi connectivity index (χ0n) is 5.65. The van der Waals surface area contributed by atoms with E-state index in [4.69, 9.17) is 0 Å². The van der Waals surface area contributed by atoms with Gasteiger partial charge in [0.2, 0.25) is 0 Å². The van der Waals surface area contributed by atoms with Gasteiger partial charge in [-0.3, -0.25) is 0 Å². The van der Waals surface area contributed by atoms with Crippen molar-refractivity contribution >= 4 is 0 Å². The van der Waals surface area contributed by atoms with Gasteiger partial charge in [0, 0.05) is 12.2 Å². The zero-order valence-corrected chi connectivity index (χ0v) is 5.65. The summed E-state index contributed by atoms with van der Waals surface area (Å²) >= 11 is 0. The van der Waals surface area contributed by atoms with Crippen LogP contribution >= 0.6 is 0 Å². The summed E-state index contributed by atoms with van der Waals surface area (Å²) in [5.74, 6) is 0. The first-order chi connectivity index (χ1) is 4.34. The average molecular weight is 121 g/mol. The number of dihydropyridines is 1. The first kappa shape index (κ1) is 6.14. The largest absolute Gasteiger partial charge is 0.381 e. The summed E-state index contributed by atoms with van der Waals surface area (Å²) in [6.07, 6.45) is 6.05. The number of rotatable bonds is 1. The molecular formula is C8H11N. The summed E-state index contributed by atoms with van der Waals surface area (Å²) in [6, 6.07) is 0. The Morgan fingerprint density at radius 1 is 1.78 bits per heavy atom. The molecule has 48 valence electrons. The zero-order chi connectivity index (χ0) is 6.69. The molecule has 9 heavy (non-hydrogen) atoms. The van der Waals surface area contributed by atoms with Gasteiger partial charge in [-0.05, 0) is 18.6 Å². The maximum Gasteiger partial charge on any atom is 0.0366 e. The van der Waals surface area contributed by atoms with Crippen molar-refractivity contribution in [1.82, 2.24) is 5.32 Å². The van der Waals surface area contributed by atoms with E-state index in [9.17, 15) is 0 Å². The Labute approximate surface area is 55.8 Å². The highest BCUT2D eigenvalue weighted by atomic mass is 14.9. The van der Waals surface area contributed by atoms with E-state index in [1.807, 2.05) is 6.08 Å². The van der Waals surface area contributed by atoms with E-state index >= 15 is 0 Å². The smallest absolute Gasteiger partial charge is 0.0366 e. The van der Waals surface area contributed by atoms with E-state index in [0.29, 0.717) is 0 Å². The van der Waals surface area contributed by atoms with Crippen LogP contribution in [0.5, 0.6) is 0 Å². The third-order valence-electron chi connectivity index (χ3n) is 1.41. The van der Waals surface area contributed by atoms with Crippen molar-refractivity contribution in [2.75, 3.05) is 6.54 Å². The highest BCUT2D eigenvalue weighted by Crippen LogP contribution is 2.06. The van der Waals surface area contributed by atoms with Crippen LogP contribution in [0, 0.1) is 0 Å². The molecule has 0 aromatic carbocycles. The van der Waals surface area contributed by atoms with Crippen molar-refractivity contribution in [2.24, 2.45) is 0 Å². The van der Waals surface area contributed by atoms with Gasteiger partial charge in [-0.1, -0.05) is 18.7 Å². The molecule has 0 radical (unpaired) electrons. The lowest BCUT2D eigenvalue weighted by molar-refractivity contribution is 0.903. The second-order valence-corrected chi connectivity index (χ2v) is 2.08. The Kier molecular flexibility index (Phi) is 1.73. The fourth-order valence-electron chi connectivity index (χ4n) is 0.867. The molecule has 0 aromatic heterocycles. The molecule has 0 unspecified atom stereocenters. The molecule has 0 saturated carbocycles. The molecule has 0 bridgehead atoms. The van der Waals surface area contributed by atoms with Gasteiger partial charge in [0.1, 0.15) is 0 Å². The highest BCUT2D eigenvalue weighted by molar-refractivity contribution is 5.32. The van der Waals surface area contributed by atoms with E-state index in [1.54, 1.807) is 0 Å². The molecule has 1 N–H and O–H groups in total. The van der Waals surface area contributed by atoms with E-state index in [1.165, 1.54) is 5.57 Å². The molecule has 0 atom stereocenters. The molecule has 1 rings (SSSR count). The number of hydrogen-bond acceptors (Lipinski definition) is 1. The summed E-state index contributed by atoms with van der Waals surface area (Å²) < 4.78 is 0. The summed E-state index contributed by atoms with van der Waals surface area (Å²) in [5.41, 5.74) is 2.41. The predicted molar refractivity (Wildman–Crippen MR) is 40.0 cm³/mol. The molecule has 1 aliphatic heterocycles. The lowest BCUT2D eigenvalue weighted by Crippen LogP contribution is -2.15. The van der Waals surface area contributed by atoms with Crippen LogP contribution in [-0.4, -0.2) is 6.54 Å². The minimum Gasteiger partial charge on any atom is -0.381 e. The Morgan fingerprint density at radius 2 is 2.56 bits per heavy atom. The lowest BCUT2D eigenvalue weighted by atomic mass is 10.1. The van der Waals surface area contributed by atoms with Gasteiger partial charge in [0.25, 0.3) is 0 Å². The van der Waals surface area contributed by atoms with Crippen LogP contribution in [0.2, 0.25) is 0 Å². The van der Waals surface area contributed by atoms with Crippen LogP contribution < -0.4 is 5.32 Å². The molecule has 1 nitrogen and oxygen atoms in total. The molecule has 0 fully saturated rings. The number of allylic oxidation sites excluding steroid dienone is 3. The maximum atomic E-state index is 3.68. The second kappa shape index (κ2) is 2.53. The van der Waals surface area contributed by atoms with Gasteiger partial charge in [0.15, 0.2) is 0 Å². The Hall–Kier alpha value is -0.980. The topological polar surface area (TPSA) is 12.0 Å². The summed E-state index contributed by atoms with van der Waals surface area (Å²) in [6.45, 7) is 6.68. The fraction of sp³-hybridized carbons (Fsp3) is 0.250. The fourth-order valence-corrected chi connectivity index (χ4v) is 0.867. The van der Waals surface area contributed by atoms with Crippen molar-refractivity contribution < 1.29 is 0 Å². The van der Waals surface area contributed by atoms with E-state index < -0.39 is 0 Å². The maximum absolute atomic E-state index is 3.68. The summed E-state index contributed by atoms with van der Waals surface area (Å²) in [5, 5.41) is 3.19. The average Bonchev–Trinajstić information content (AvgIpc) is 1.89. The van der Waals surface area contributed by atoms with Crippen LogP contribution in [0.4, 0.5) is 0 Å². The number of nitrogens with one attached hydrogen (secondary N) is 1. The van der Waals surface area contributed by atoms with Crippen LogP contribution in [0.15, 0.2) is 36.1 Å². The van der Waals surface area contributed by atoms with Gasteiger partial charge >= 0.3 is 0 Å². The molecule has 0 saturated heterocycles. The van der Waals surface area contributed by atoms with Gasteiger partial charge in [-0.25, -0.2) is 0 Å². The molecule has 0 aliphatic carbocycles. The van der Waals surface area contributed by atoms with Crippen molar-refractivity contribution in [1.29, 1.82) is 0 Å². The molecule has 1 heterocycles. The molecule has 1 heteroatoms. The molecule has 0 spiro atoms. The predicted octanol–water partition coefficient (Wildman–Crippen LogP) is 1.61. The van der Waals surface area contributed by atoms with Crippen molar-refractivity contribution in [3.05, 3.63) is 36.1 Å². The Morgan fingerprint density at radius 3 is 3.00 bits per heavy atom. The van der Waals surface area contributed by atoms with Crippen molar-refractivity contribution in [3.8, 4) is 0 Å². The van der Waals surface area contributed by atoms with Gasteiger partial charge < -0.3 is 5.32 Å². The molecular weight excluding hydrogens is 110 g/mol. The van der Waals surface area contributed by atoms with E-state index in [0.717, 1.165) is 12.2 Å². The first-order valence-corrected chi connectivity index (χ1v) is 3.08. The minimum absolute atomic E-state index is 0.929. The van der Waals surface area contributed by atoms with Crippen LogP contribution in [0.3, 0.4) is 0 Å². The monoisotopic (exact) mass is 121 g/mol. The van der Waals surface area contributed by atoms with Crippen LogP contribution in [-0.2, 0) is 0 Å².